The van der Waals surface area contributed by atoms with Crippen LogP contribution in [0, 0.1) is 5.82 Å². The van der Waals surface area contributed by atoms with Crippen molar-refractivity contribution in [3.05, 3.63) is 90.3 Å². The second kappa shape index (κ2) is 8.07. The number of aromatic nitrogens is 5. The quantitative estimate of drug-likeness (QED) is 0.443. The number of hydrogen-bond acceptors (Lipinski definition) is 4. The molecule has 0 saturated carbocycles. The van der Waals surface area contributed by atoms with Crippen molar-refractivity contribution >= 4 is 16.9 Å². The maximum absolute atomic E-state index is 14.8. The molecule has 5 rings (SSSR count). The Morgan fingerprint density at radius 2 is 1.94 bits per heavy atom. The van der Waals surface area contributed by atoms with E-state index in [-0.39, 0.29) is 12.5 Å². The molecule has 0 fully saturated rings. The SMILES string of the molecule is Cn1cc(-c2cc3c(-c4ccc(CNC(=O)c5ccccc5)c(F)c4)ncnc3[nH]2)cn1. The number of aryl methyl sites for hydroxylation is 1. The third kappa shape index (κ3) is 3.74. The number of carbonyl (C=O) groups is 1. The molecule has 1 amide bonds. The molecule has 2 N–H and O–H groups in total. The second-order valence-corrected chi connectivity index (χ2v) is 7.43. The van der Waals surface area contributed by atoms with Gasteiger partial charge in [-0.25, -0.2) is 14.4 Å². The molecule has 0 aliphatic rings. The number of hydrogen-bond donors (Lipinski definition) is 2. The smallest absolute Gasteiger partial charge is 0.251 e. The Kier molecular flexibility index (Phi) is 4.95. The highest BCUT2D eigenvalue weighted by atomic mass is 19.1. The lowest BCUT2D eigenvalue weighted by Crippen LogP contribution is -2.23. The van der Waals surface area contributed by atoms with Gasteiger partial charge in [0.05, 0.1) is 17.6 Å². The average molecular weight is 426 g/mol. The number of amides is 1. The highest BCUT2D eigenvalue weighted by molar-refractivity contribution is 5.95. The molecule has 0 unspecified atom stereocenters. The molecule has 0 radical (unpaired) electrons. The van der Waals surface area contributed by atoms with Crippen molar-refractivity contribution in [3.63, 3.8) is 0 Å². The predicted molar refractivity (Wildman–Crippen MR) is 119 cm³/mol. The van der Waals surface area contributed by atoms with Crippen LogP contribution >= 0.6 is 0 Å². The lowest BCUT2D eigenvalue weighted by Gasteiger charge is -2.08. The fourth-order valence-corrected chi connectivity index (χ4v) is 3.59. The number of fused-ring (bicyclic) bond motifs is 1. The Bertz CT molecular complexity index is 1420. The summed E-state index contributed by atoms with van der Waals surface area (Å²) < 4.78 is 16.6. The van der Waals surface area contributed by atoms with Gasteiger partial charge in [-0.1, -0.05) is 30.3 Å². The number of H-pyrrole nitrogens is 1. The van der Waals surface area contributed by atoms with E-state index in [4.69, 9.17) is 0 Å². The van der Waals surface area contributed by atoms with Crippen LogP contribution in [0.15, 0.2) is 73.3 Å². The Balaban J connectivity index is 1.41. The topological polar surface area (TPSA) is 88.5 Å². The van der Waals surface area contributed by atoms with Crippen LogP contribution in [0.2, 0.25) is 0 Å². The molecule has 0 spiro atoms. The van der Waals surface area contributed by atoms with Crippen LogP contribution in [0.1, 0.15) is 15.9 Å². The highest BCUT2D eigenvalue weighted by Crippen LogP contribution is 2.30. The zero-order valence-electron chi connectivity index (χ0n) is 17.2. The Morgan fingerprint density at radius 1 is 1.09 bits per heavy atom. The first-order valence-electron chi connectivity index (χ1n) is 10.0. The maximum Gasteiger partial charge on any atom is 0.251 e. The van der Waals surface area contributed by atoms with Crippen LogP contribution in [-0.4, -0.2) is 30.6 Å². The van der Waals surface area contributed by atoms with E-state index in [0.29, 0.717) is 28.0 Å². The first kappa shape index (κ1) is 19.6. The van der Waals surface area contributed by atoms with Crippen molar-refractivity contribution < 1.29 is 9.18 Å². The number of carbonyl (C=O) groups excluding carboxylic acids is 1. The second-order valence-electron chi connectivity index (χ2n) is 7.43. The molecular weight excluding hydrogens is 407 g/mol. The van der Waals surface area contributed by atoms with Gasteiger partial charge in [0.25, 0.3) is 5.91 Å². The Labute approximate surface area is 183 Å². The lowest BCUT2D eigenvalue weighted by atomic mass is 10.1. The van der Waals surface area contributed by atoms with Gasteiger partial charge in [-0.3, -0.25) is 9.48 Å². The zero-order valence-corrected chi connectivity index (χ0v) is 17.2. The van der Waals surface area contributed by atoms with Gasteiger partial charge in [0.15, 0.2) is 0 Å². The number of nitrogens with zero attached hydrogens (tertiary/aromatic N) is 4. The lowest BCUT2D eigenvalue weighted by molar-refractivity contribution is 0.0950. The van der Waals surface area contributed by atoms with E-state index in [9.17, 15) is 9.18 Å². The van der Waals surface area contributed by atoms with E-state index in [1.54, 1.807) is 47.3 Å². The third-order valence-electron chi connectivity index (χ3n) is 5.24. The van der Waals surface area contributed by atoms with Crippen LogP contribution in [-0.2, 0) is 13.6 Å². The van der Waals surface area contributed by atoms with Crippen molar-refractivity contribution in [2.75, 3.05) is 0 Å². The first-order chi connectivity index (χ1) is 15.6. The van der Waals surface area contributed by atoms with Crippen LogP contribution in [0.4, 0.5) is 4.39 Å². The van der Waals surface area contributed by atoms with Gasteiger partial charge >= 0.3 is 0 Å². The Morgan fingerprint density at radius 3 is 2.69 bits per heavy atom. The zero-order chi connectivity index (χ0) is 22.1. The summed E-state index contributed by atoms with van der Waals surface area (Å²) in [5, 5.41) is 7.73. The summed E-state index contributed by atoms with van der Waals surface area (Å²) in [5.41, 5.74) is 4.62. The molecular formula is C24H19FN6O. The van der Waals surface area contributed by atoms with E-state index in [1.807, 2.05) is 25.4 Å². The monoisotopic (exact) mass is 426 g/mol. The minimum absolute atomic E-state index is 0.0916. The molecule has 2 aromatic carbocycles. The van der Waals surface area contributed by atoms with Crippen molar-refractivity contribution in [1.82, 2.24) is 30.0 Å². The molecule has 3 heterocycles. The van der Waals surface area contributed by atoms with Gasteiger partial charge < -0.3 is 10.3 Å². The summed E-state index contributed by atoms with van der Waals surface area (Å²) in [6.07, 6.45) is 5.11. The van der Waals surface area contributed by atoms with E-state index in [0.717, 1.165) is 16.6 Å². The molecule has 5 aromatic rings. The Hall–Kier alpha value is -4.33. The minimum atomic E-state index is -0.411. The van der Waals surface area contributed by atoms with Gasteiger partial charge in [0.1, 0.15) is 17.8 Å². The molecule has 0 saturated heterocycles. The van der Waals surface area contributed by atoms with E-state index >= 15 is 0 Å². The molecule has 8 heteroatoms. The number of aromatic amines is 1. The summed E-state index contributed by atoms with van der Waals surface area (Å²) in [7, 11) is 1.85. The van der Waals surface area contributed by atoms with Crippen LogP contribution in [0.3, 0.4) is 0 Å². The average Bonchev–Trinajstić information content (AvgIpc) is 3.44. The van der Waals surface area contributed by atoms with Crippen LogP contribution in [0.5, 0.6) is 0 Å². The van der Waals surface area contributed by atoms with Gasteiger partial charge in [0, 0.05) is 47.4 Å². The fourth-order valence-electron chi connectivity index (χ4n) is 3.59. The standard InChI is InChI=1S/C24H19FN6O/c1-31-13-18(12-29-31)21-10-19-22(27-14-28-23(19)30-21)16-7-8-17(20(25)9-16)11-26-24(32)15-5-3-2-4-6-15/h2-10,12-14H,11H2,1H3,(H,26,32)(H,27,28,30). The molecule has 32 heavy (non-hydrogen) atoms. The first-order valence-corrected chi connectivity index (χ1v) is 10.0. The van der Waals surface area contributed by atoms with Gasteiger partial charge in [-0.15, -0.1) is 0 Å². The minimum Gasteiger partial charge on any atom is -0.348 e. The van der Waals surface area contributed by atoms with Crippen molar-refractivity contribution in [2.24, 2.45) is 7.05 Å². The molecule has 3 aromatic heterocycles. The van der Waals surface area contributed by atoms with Gasteiger partial charge in [-0.2, -0.15) is 5.10 Å². The van der Waals surface area contributed by atoms with E-state index < -0.39 is 5.82 Å². The largest absolute Gasteiger partial charge is 0.348 e. The number of benzene rings is 2. The fraction of sp³-hybridized carbons (Fsp3) is 0.0833. The molecule has 0 bridgehead atoms. The van der Waals surface area contributed by atoms with Crippen LogP contribution < -0.4 is 5.32 Å². The van der Waals surface area contributed by atoms with Gasteiger partial charge in [0.2, 0.25) is 0 Å². The number of halogens is 1. The summed E-state index contributed by atoms with van der Waals surface area (Å²) in [6.45, 7) is 0.0916. The number of nitrogens with one attached hydrogen (secondary N) is 2. The highest BCUT2D eigenvalue weighted by Gasteiger charge is 2.14. The predicted octanol–water partition coefficient (Wildman–Crippen LogP) is 4.09. The maximum atomic E-state index is 14.8. The van der Waals surface area contributed by atoms with Crippen molar-refractivity contribution in [2.45, 2.75) is 6.54 Å². The van der Waals surface area contributed by atoms with Crippen molar-refractivity contribution in [1.29, 1.82) is 0 Å². The molecule has 158 valence electrons. The molecule has 0 aliphatic carbocycles. The molecule has 0 atom stereocenters. The normalized spacial score (nSPS) is 11.1. The summed E-state index contributed by atoms with van der Waals surface area (Å²) >= 11 is 0. The summed E-state index contributed by atoms with van der Waals surface area (Å²) in [4.78, 5) is 24.2. The third-order valence-corrected chi connectivity index (χ3v) is 5.24. The van der Waals surface area contributed by atoms with E-state index in [2.05, 4.69) is 25.4 Å². The van der Waals surface area contributed by atoms with Crippen molar-refractivity contribution in [3.8, 4) is 22.5 Å². The summed E-state index contributed by atoms with van der Waals surface area (Å²) in [6, 6.07) is 15.7. The summed E-state index contributed by atoms with van der Waals surface area (Å²) in [5.74, 6) is -0.660. The van der Waals surface area contributed by atoms with Gasteiger partial charge in [-0.05, 0) is 24.3 Å². The van der Waals surface area contributed by atoms with Crippen LogP contribution in [0.25, 0.3) is 33.5 Å². The van der Waals surface area contributed by atoms with E-state index in [1.165, 1.54) is 12.4 Å². The molecule has 0 aliphatic heterocycles. The number of rotatable bonds is 5. The molecule has 7 nitrogen and oxygen atoms in total.